The van der Waals surface area contributed by atoms with Crippen molar-refractivity contribution in [2.45, 2.75) is 45.5 Å². The Morgan fingerprint density at radius 3 is 2.50 bits per heavy atom. The van der Waals surface area contributed by atoms with E-state index in [2.05, 4.69) is 14.9 Å². The van der Waals surface area contributed by atoms with Crippen LogP contribution in [0.25, 0.3) is 0 Å². The predicted octanol–water partition coefficient (Wildman–Crippen LogP) is 1.36. The third-order valence-corrected chi connectivity index (χ3v) is 3.02. The Morgan fingerprint density at radius 1 is 1.33 bits per heavy atom. The lowest BCUT2D eigenvalue weighted by molar-refractivity contribution is 0.0654. The number of rotatable bonds is 4. The van der Waals surface area contributed by atoms with Crippen LogP contribution in [0.5, 0.6) is 0 Å². The van der Waals surface area contributed by atoms with Crippen molar-refractivity contribution in [3.63, 3.8) is 0 Å². The molecule has 1 saturated heterocycles. The van der Waals surface area contributed by atoms with E-state index in [4.69, 9.17) is 4.74 Å². The van der Waals surface area contributed by atoms with Crippen LogP contribution >= 0.6 is 0 Å². The molecule has 5 heteroatoms. The van der Waals surface area contributed by atoms with Crippen molar-refractivity contribution in [2.24, 2.45) is 0 Å². The fourth-order valence-corrected chi connectivity index (χ4v) is 1.91. The molecule has 0 radical (unpaired) electrons. The van der Waals surface area contributed by atoms with Crippen LogP contribution in [0, 0.1) is 0 Å². The minimum absolute atomic E-state index is 0.167. The molecule has 5 nitrogen and oxygen atoms in total. The second kappa shape index (κ2) is 6.11. The lowest BCUT2D eigenvalue weighted by Gasteiger charge is -2.29. The van der Waals surface area contributed by atoms with Crippen molar-refractivity contribution in [3.05, 3.63) is 18.0 Å². The lowest BCUT2D eigenvalue weighted by atomic mass is 10.1. The minimum Gasteiger partial charge on any atom is -0.393 e. The number of aliphatic hydroxyl groups excluding tert-OH is 1. The second-order valence-corrected chi connectivity index (χ2v) is 4.97. The van der Waals surface area contributed by atoms with Gasteiger partial charge in [-0.15, -0.1) is 0 Å². The van der Waals surface area contributed by atoms with Crippen molar-refractivity contribution in [1.82, 2.24) is 9.97 Å². The molecule has 100 valence electrons. The molecule has 0 atom stereocenters. The highest BCUT2D eigenvalue weighted by molar-refractivity contribution is 5.30. The van der Waals surface area contributed by atoms with E-state index in [1.807, 2.05) is 26.2 Å². The first-order valence-corrected chi connectivity index (χ1v) is 6.50. The number of ether oxygens (including phenoxy) is 1. The summed E-state index contributed by atoms with van der Waals surface area (Å²) in [6.45, 7) is 6.21. The normalized spacial score (nSPS) is 17.4. The van der Waals surface area contributed by atoms with Crippen molar-refractivity contribution in [2.75, 3.05) is 18.0 Å². The Balaban J connectivity index is 1.91. The molecule has 2 heterocycles. The molecule has 0 spiro atoms. The second-order valence-electron chi connectivity index (χ2n) is 4.97. The maximum absolute atomic E-state index is 9.46. The third-order valence-electron chi connectivity index (χ3n) is 3.02. The summed E-state index contributed by atoms with van der Waals surface area (Å²) in [5, 5.41) is 9.46. The number of hydrogen-bond acceptors (Lipinski definition) is 5. The summed E-state index contributed by atoms with van der Waals surface area (Å²) in [4.78, 5) is 10.8. The highest BCUT2D eigenvalue weighted by Gasteiger charge is 2.18. The lowest BCUT2D eigenvalue weighted by Crippen LogP contribution is -2.36. The average molecular weight is 251 g/mol. The standard InChI is InChI=1S/C13H21N3O2/c1-10(2)18-9-11-7-14-13(15-8-11)16-5-3-12(17)4-6-16/h7-8,10,12,17H,3-6,9H2,1-2H3. The molecular formula is C13H21N3O2. The van der Waals surface area contributed by atoms with E-state index in [0.29, 0.717) is 6.61 Å². The number of anilines is 1. The SMILES string of the molecule is CC(C)OCc1cnc(N2CCC(O)CC2)nc1. The van der Waals surface area contributed by atoms with Crippen LogP contribution in [0.1, 0.15) is 32.3 Å². The van der Waals surface area contributed by atoms with Crippen LogP contribution in [-0.2, 0) is 11.3 Å². The number of nitrogens with zero attached hydrogens (tertiary/aromatic N) is 3. The summed E-state index contributed by atoms with van der Waals surface area (Å²) >= 11 is 0. The van der Waals surface area contributed by atoms with Gasteiger partial charge in [-0.2, -0.15) is 0 Å². The van der Waals surface area contributed by atoms with Crippen molar-refractivity contribution < 1.29 is 9.84 Å². The molecule has 1 N–H and O–H groups in total. The molecule has 18 heavy (non-hydrogen) atoms. The molecule has 1 aliphatic rings. The fourth-order valence-electron chi connectivity index (χ4n) is 1.91. The van der Waals surface area contributed by atoms with Gasteiger partial charge in [0.25, 0.3) is 0 Å². The summed E-state index contributed by atoms with van der Waals surface area (Å²) in [6.07, 6.45) is 5.27. The van der Waals surface area contributed by atoms with Crippen molar-refractivity contribution >= 4 is 5.95 Å². The van der Waals surface area contributed by atoms with Gasteiger partial charge in [0.05, 0.1) is 18.8 Å². The highest BCUT2D eigenvalue weighted by Crippen LogP contribution is 2.15. The molecule has 2 rings (SSSR count). The Hall–Kier alpha value is -1.20. The van der Waals surface area contributed by atoms with E-state index in [9.17, 15) is 5.11 Å². The van der Waals surface area contributed by atoms with Gasteiger partial charge in [-0.25, -0.2) is 9.97 Å². The summed E-state index contributed by atoms with van der Waals surface area (Å²) < 4.78 is 5.50. The third kappa shape index (κ3) is 3.65. The first-order valence-electron chi connectivity index (χ1n) is 6.50. The number of piperidine rings is 1. The number of hydrogen-bond donors (Lipinski definition) is 1. The van der Waals surface area contributed by atoms with E-state index in [0.717, 1.165) is 37.4 Å². The molecule has 1 fully saturated rings. The van der Waals surface area contributed by atoms with Gasteiger partial charge in [-0.3, -0.25) is 0 Å². The van der Waals surface area contributed by atoms with Crippen LogP contribution in [-0.4, -0.2) is 40.4 Å². The highest BCUT2D eigenvalue weighted by atomic mass is 16.5. The fraction of sp³-hybridized carbons (Fsp3) is 0.692. The molecule has 1 aliphatic heterocycles. The maximum atomic E-state index is 9.46. The number of aliphatic hydroxyl groups is 1. The van der Waals surface area contributed by atoms with Crippen LogP contribution in [0.15, 0.2) is 12.4 Å². The van der Waals surface area contributed by atoms with Gasteiger partial charge in [-0.1, -0.05) is 0 Å². The zero-order valence-electron chi connectivity index (χ0n) is 11.0. The summed E-state index contributed by atoms with van der Waals surface area (Å²) in [6, 6.07) is 0. The van der Waals surface area contributed by atoms with Crippen LogP contribution in [0.3, 0.4) is 0 Å². The zero-order valence-corrected chi connectivity index (χ0v) is 11.0. The van der Waals surface area contributed by atoms with Crippen molar-refractivity contribution in [1.29, 1.82) is 0 Å². The molecule has 0 unspecified atom stereocenters. The number of aromatic nitrogens is 2. The van der Waals surface area contributed by atoms with Crippen LogP contribution < -0.4 is 4.90 Å². The summed E-state index contributed by atoms with van der Waals surface area (Å²) in [7, 11) is 0. The molecule has 0 aromatic carbocycles. The topological polar surface area (TPSA) is 58.5 Å². The summed E-state index contributed by atoms with van der Waals surface area (Å²) in [5.74, 6) is 0.746. The molecule has 0 saturated carbocycles. The Morgan fingerprint density at radius 2 is 1.94 bits per heavy atom. The predicted molar refractivity (Wildman–Crippen MR) is 69.4 cm³/mol. The molecule has 0 aliphatic carbocycles. The summed E-state index contributed by atoms with van der Waals surface area (Å²) in [5.41, 5.74) is 0.990. The maximum Gasteiger partial charge on any atom is 0.225 e. The Bertz CT molecular complexity index is 359. The van der Waals surface area contributed by atoms with Gasteiger partial charge < -0.3 is 14.7 Å². The minimum atomic E-state index is -0.167. The van der Waals surface area contributed by atoms with E-state index in [1.54, 1.807) is 0 Å². The van der Waals surface area contributed by atoms with Gasteiger partial charge in [0.2, 0.25) is 5.95 Å². The van der Waals surface area contributed by atoms with E-state index in [-0.39, 0.29) is 12.2 Å². The molecular weight excluding hydrogens is 230 g/mol. The molecule has 0 amide bonds. The van der Waals surface area contributed by atoms with E-state index in [1.165, 1.54) is 0 Å². The van der Waals surface area contributed by atoms with Crippen LogP contribution in [0.4, 0.5) is 5.95 Å². The van der Waals surface area contributed by atoms with Gasteiger partial charge in [0.15, 0.2) is 0 Å². The van der Waals surface area contributed by atoms with Gasteiger partial charge in [-0.05, 0) is 26.7 Å². The average Bonchev–Trinajstić information content (AvgIpc) is 2.38. The van der Waals surface area contributed by atoms with Gasteiger partial charge >= 0.3 is 0 Å². The van der Waals surface area contributed by atoms with Crippen molar-refractivity contribution in [3.8, 4) is 0 Å². The molecule has 1 aromatic rings. The molecule has 0 bridgehead atoms. The Labute approximate surface area is 108 Å². The first kappa shape index (κ1) is 13.2. The zero-order chi connectivity index (χ0) is 13.0. The largest absolute Gasteiger partial charge is 0.393 e. The first-order chi connectivity index (χ1) is 8.65. The van der Waals surface area contributed by atoms with E-state index < -0.39 is 0 Å². The monoisotopic (exact) mass is 251 g/mol. The quantitative estimate of drug-likeness (QED) is 0.875. The Kier molecular flexibility index (Phi) is 4.49. The van der Waals surface area contributed by atoms with E-state index >= 15 is 0 Å². The smallest absolute Gasteiger partial charge is 0.225 e. The van der Waals surface area contributed by atoms with Gasteiger partial charge in [0.1, 0.15) is 0 Å². The van der Waals surface area contributed by atoms with Crippen LogP contribution in [0.2, 0.25) is 0 Å². The molecule has 1 aromatic heterocycles. The van der Waals surface area contributed by atoms with Gasteiger partial charge in [0, 0.05) is 31.0 Å².